The predicted octanol–water partition coefficient (Wildman–Crippen LogP) is 2.30. The highest BCUT2D eigenvalue weighted by Crippen LogP contribution is 2.24. The Labute approximate surface area is 81.7 Å². The molecule has 0 spiro atoms. The molecule has 1 heterocycles. The van der Waals surface area contributed by atoms with Gasteiger partial charge in [-0.15, -0.1) is 0 Å². The van der Waals surface area contributed by atoms with Gasteiger partial charge in [0.05, 0.1) is 12.8 Å². The molecular weight excluding hydrogens is 178 g/mol. The van der Waals surface area contributed by atoms with Gasteiger partial charge in [0, 0.05) is 17.0 Å². The minimum absolute atomic E-state index is 0.633. The molecule has 1 aromatic carbocycles. The zero-order valence-corrected chi connectivity index (χ0v) is 8.13. The largest absolute Gasteiger partial charge is 0.497 e. The van der Waals surface area contributed by atoms with Crippen molar-refractivity contribution in [2.24, 2.45) is 0 Å². The molecule has 0 aliphatic carbocycles. The van der Waals surface area contributed by atoms with Crippen molar-refractivity contribution in [2.75, 3.05) is 7.11 Å². The van der Waals surface area contributed by atoms with E-state index in [1.807, 2.05) is 25.1 Å². The van der Waals surface area contributed by atoms with E-state index in [2.05, 4.69) is 4.98 Å². The van der Waals surface area contributed by atoms with Crippen LogP contribution in [0.2, 0.25) is 0 Å². The van der Waals surface area contributed by atoms with Gasteiger partial charge in [0.1, 0.15) is 5.75 Å². The van der Waals surface area contributed by atoms with Gasteiger partial charge in [-0.25, -0.2) is 0 Å². The molecule has 14 heavy (non-hydrogen) atoms. The highest BCUT2D eigenvalue weighted by Gasteiger charge is 2.06. The van der Waals surface area contributed by atoms with Crippen LogP contribution in [0.25, 0.3) is 10.9 Å². The Kier molecular flexibility index (Phi) is 2.00. The number of methoxy groups -OCH3 is 1. The van der Waals surface area contributed by atoms with Crippen molar-refractivity contribution in [3.63, 3.8) is 0 Å². The van der Waals surface area contributed by atoms with Crippen LogP contribution in [0.1, 0.15) is 16.1 Å². The lowest BCUT2D eigenvalue weighted by Gasteiger charge is -1.98. The van der Waals surface area contributed by atoms with Crippen molar-refractivity contribution in [3.05, 3.63) is 29.5 Å². The maximum atomic E-state index is 10.7. The minimum atomic E-state index is 0.633. The summed E-state index contributed by atoms with van der Waals surface area (Å²) in [6.07, 6.45) is 0.835. The summed E-state index contributed by atoms with van der Waals surface area (Å²) in [6, 6.07) is 5.72. The van der Waals surface area contributed by atoms with Crippen molar-refractivity contribution in [1.82, 2.24) is 4.98 Å². The van der Waals surface area contributed by atoms with E-state index in [-0.39, 0.29) is 0 Å². The van der Waals surface area contributed by atoms with Crippen molar-refractivity contribution in [1.29, 1.82) is 0 Å². The first-order valence-corrected chi connectivity index (χ1v) is 4.37. The lowest BCUT2D eigenvalue weighted by atomic mass is 10.1. The van der Waals surface area contributed by atoms with Crippen LogP contribution < -0.4 is 4.74 Å². The molecule has 0 fully saturated rings. The molecule has 2 rings (SSSR count). The molecule has 0 saturated heterocycles. The van der Waals surface area contributed by atoms with Crippen LogP contribution in [0.3, 0.4) is 0 Å². The number of ether oxygens (including phenoxy) is 1. The first-order chi connectivity index (χ1) is 6.76. The highest BCUT2D eigenvalue weighted by molar-refractivity contribution is 5.92. The first kappa shape index (κ1) is 8.81. The Morgan fingerprint density at radius 3 is 2.86 bits per heavy atom. The monoisotopic (exact) mass is 189 g/mol. The number of carbonyl (C=O) groups is 1. The molecule has 2 aromatic rings. The highest BCUT2D eigenvalue weighted by atomic mass is 16.5. The third-order valence-electron chi connectivity index (χ3n) is 2.42. The maximum Gasteiger partial charge on any atom is 0.166 e. The summed E-state index contributed by atoms with van der Waals surface area (Å²) in [6.45, 7) is 1.93. The Balaban J connectivity index is 2.72. The number of hydrogen-bond donors (Lipinski definition) is 1. The predicted molar refractivity (Wildman–Crippen MR) is 55.0 cm³/mol. The Morgan fingerprint density at radius 1 is 1.43 bits per heavy atom. The molecule has 0 atom stereocenters. The fourth-order valence-electron chi connectivity index (χ4n) is 1.58. The molecule has 0 bridgehead atoms. The number of hydrogen-bond acceptors (Lipinski definition) is 2. The van der Waals surface area contributed by atoms with Gasteiger partial charge in [-0.3, -0.25) is 4.79 Å². The number of benzene rings is 1. The maximum absolute atomic E-state index is 10.7. The third-order valence-corrected chi connectivity index (χ3v) is 2.42. The molecule has 0 aliphatic heterocycles. The van der Waals surface area contributed by atoms with E-state index in [4.69, 9.17) is 4.74 Å². The fraction of sp³-hybridized carbons (Fsp3) is 0.182. The molecule has 1 N–H and O–H groups in total. The molecule has 0 unspecified atom stereocenters. The summed E-state index contributed by atoms with van der Waals surface area (Å²) in [5.74, 6) is 0.788. The van der Waals surface area contributed by atoms with Crippen molar-refractivity contribution < 1.29 is 9.53 Å². The van der Waals surface area contributed by atoms with E-state index in [9.17, 15) is 4.79 Å². The lowest BCUT2D eigenvalue weighted by molar-refractivity contribution is 0.111. The SMILES string of the molecule is COc1ccc2c(C)c(C=O)[nH]c2c1. The van der Waals surface area contributed by atoms with Gasteiger partial charge < -0.3 is 9.72 Å². The molecule has 3 heteroatoms. The quantitative estimate of drug-likeness (QED) is 0.736. The number of fused-ring (bicyclic) bond motifs is 1. The lowest BCUT2D eigenvalue weighted by Crippen LogP contribution is -1.81. The standard InChI is InChI=1S/C11H11NO2/c1-7-9-4-3-8(14-2)5-10(9)12-11(7)6-13/h3-6,12H,1-2H3. The molecule has 0 radical (unpaired) electrons. The fourth-order valence-corrected chi connectivity index (χ4v) is 1.58. The summed E-state index contributed by atoms with van der Waals surface area (Å²) in [7, 11) is 1.62. The summed E-state index contributed by atoms with van der Waals surface area (Å²) < 4.78 is 5.10. The summed E-state index contributed by atoms with van der Waals surface area (Å²) in [4.78, 5) is 13.7. The van der Waals surface area contributed by atoms with Crippen LogP contribution in [0.5, 0.6) is 5.75 Å². The van der Waals surface area contributed by atoms with E-state index in [1.165, 1.54) is 0 Å². The van der Waals surface area contributed by atoms with Gasteiger partial charge in [0.15, 0.2) is 6.29 Å². The topological polar surface area (TPSA) is 42.1 Å². The zero-order chi connectivity index (χ0) is 10.1. The molecule has 72 valence electrons. The number of aromatic amines is 1. The molecule has 1 aromatic heterocycles. The second-order valence-corrected chi connectivity index (χ2v) is 3.19. The molecule has 0 saturated carbocycles. The average Bonchev–Trinajstić information content (AvgIpc) is 2.55. The van der Waals surface area contributed by atoms with Crippen molar-refractivity contribution >= 4 is 17.2 Å². The number of aldehydes is 1. The number of carbonyl (C=O) groups excluding carboxylic acids is 1. The number of aromatic nitrogens is 1. The third kappa shape index (κ3) is 1.18. The second kappa shape index (κ2) is 3.18. The molecular formula is C11H11NO2. The molecule has 3 nitrogen and oxygen atoms in total. The van der Waals surface area contributed by atoms with Crippen LogP contribution in [0.15, 0.2) is 18.2 Å². The summed E-state index contributed by atoms with van der Waals surface area (Å²) in [5.41, 5.74) is 2.55. The second-order valence-electron chi connectivity index (χ2n) is 3.19. The Morgan fingerprint density at radius 2 is 2.21 bits per heavy atom. The van der Waals surface area contributed by atoms with Crippen LogP contribution >= 0.6 is 0 Å². The van der Waals surface area contributed by atoms with Gasteiger partial charge in [-0.05, 0) is 24.6 Å². The van der Waals surface area contributed by atoms with Gasteiger partial charge in [0.25, 0.3) is 0 Å². The van der Waals surface area contributed by atoms with Gasteiger partial charge >= 0.3 is 0 Å². The molecule has 0 amide bonds. The van der Waals surface area contributed by atoms with E-state index >= 15 is 0 Å². The average molecular weight is 189 g/mol. The zero-order valence-electron chi connectivity index (χ0n) is 8.13. The van der Waals surface area contributed by atoms with Crippen LogP contribution in [0.4, 0.5) is 0 Å². The van der Waals surface area contributed by atoms with Crippen LogP contribution in [-0.2, 0) is 0 Å². The number of H-pyrrole nitrogens is 1. The minimum Gasteiger partial charge on any atom is -0.497 e. The van der Waals surface area contributed by atoms with Crippen LogP contribution in [-0.4, -0.2) is 18.4 Å². The van der Waals surface area contributed by atoms with Gasteiger partial charge in [0.2, 0.25) is 0 Å². The van der Waals surface area contributed by atoms with Crippen molar-refractivity contribution in [3.8, 4) is 5.75 Å². The molecule has 0 aliphatic rings. The van der Waals surface area contributed by atoms with E-state index in [1.54, 1.807) is 7.11 Å². The Bertz CT molecular complexity index is 485. The van der Waals surface area contributed by atoms with Crippen molar-refractivity contribution in [2.45, 2.75) is 6.92 Å². The van der Waals surface area contributed by atoms with Gasteiger partial charge in [-0.2, -0.15) is 0 Å². The van der Waals surface area contributed by atoms with E-state index < -0.39 is 0 Å². The smallest absolute Gasteiger partial charge is 0.166 e. The number of aryl methyl sites for hydroxylation is 1. The summed E-state index contributed by atoms with van der Waals surface area (Å²) >= 11 is 0. The number of rotatable bonds is 2. The van der Waals surface area contributed by atoms with Crippen LogP contribution in [0, 0.1) is 6.92 Å². The normalized spacial score (nSPS) is 10.4. The first-order valence-electron chi connectivity index (χ1n) is 4.37. The van der Waals surface area contributed by atoms with E-state index in [0.29, 0.717) is 5.69 Å². The number of nitrogens with one attached hydrogen (secondary N) is 1. The van der Waals surface area contributed by atoms with Gasteiger partial charge in [-0.1, -0.05) is 0 Å². The Hall–Kier alpha value is -1.77. The van der Waals surface area contributed by atoms with E-state index in [0.717, 1.165) is 28.5 Å². The summed E-state index contributed by atoms with van der Waals surface area (Å²) in [5, 5.41) is 1.06.